The molecule has 31 heavy (non-hydrogen) atoms. The first-order chi connectivity index (χ1) is 14.8. The van der Waals surface area contributed by atoms with Crippen LogP contribution in [0.2, 0.25) is 0 Å². The summed E-state index contributed by atoms with van der Waals surface area (Å²) in [6.07, 6.45) is 6.29. The molecule has 0 spiro atoms. The van der Waals surface area contributed by atoms with E-state index in [0.717, 1.165) is 48.5 Å². The minimum Gasteiger partial charge on any atom is -0.423 e. The molecule has 4 rings (SSSR count). The molecule has 0 saturated carbocycles. The monoisotopic (exact) mass is 419 g/mol. The lowest BCUT2D eigenvalue weighted by Crippen LogP contribution is -2.30. The van der Waals surface area contributed by atoms with E-state index in [1.807, 2.05) is 29.8 Å². The van der Waals surface area contributed by atoms with Crippen LogP contribution in [-0.2, 0) is 13.6 Å². The molecule has 9 heteroatoms. The second kappa shape index (κ2) is 8.62. The minimum absolute atomic E-state index is 0.0517. The molecule has 8 nitrogen and oxygen atoms in total. The number of carbonyl (C=O) groups excluding carboxylic acids is 1. The maximum Gasteiger partial charge on any atom is 0.489 e. The van der Waals surface area contributed by atoms with Crippen molar-refractivity contribution in [2.24, 2.45) is 7.05 Å². The zero-order chi connectivity index (χ0) is 22.1. The molecule has 0 fully saturated rings. The fourth-order valence-corrected chi connectivity index (χ4v) is 3.95. The molecule has 1 aliphatic heterocycles. The lowest BCUT2D eigenvalue weighted by Gasteiger charge is -2.26. The summed E-state index contributed by atoms with van der Waals surface area (Å²) in [6.45, 7) is 2.41. The van der Waals surface area contributed by atoms with Crippen molar-refractivity contribution < 1.29 is 14.8 Å². The molecule has 3 aromatic rings. The fraction of sp³-hybridized carbons (Fsp3) is 0.318. The highest BCUT2D eigenvalue weighted by Gasteiger charge is 2.20. The van der Waals surface area contributed by atoms with Gasteiger partial charge in [0.25, 0.3) is 5.91 Å². The average molecular weight is 419 g/mol. The van der Waals surface area contributed by atoms with Crippen molar-refractivity contribution in [1.29, 1.82) is 0 Å². The standard InChI is InChI=1S/C22H26BN5O3/c1-26(2)22(29)16-4-5-20(25-13-16)15-7-10-28(11-8-15)14-17-12-18-19(23(30)31)6-9-24-21(18)27(17)3/h4-7,9,12-13,30-31H,8,10-11,14H2,1-3H3. The van der Waals surface area contributed by atoms with Gasteiger partial charge in [-0.15, -0.1) is 0 Å². The van der Waals surface area contributed by atoms with E-state index in [0.29, 0.717) is 11.0 Å². The Hall–Kier alpha value is -3.01. The maximum absolute atomic E-state index is 12.0. The molecule has 0 bridgehead atoms. The number of rotatable bonds is 5. The molecule has 1 amide bonds. The number of hydrogen-bond acceptors (Lipinski definition) is 6. The first kappa shape index (κ1) is 21.2. The van der Waals surface area contributed by atoms with Crippen molar-refractivity contribution >= 4 is 35.1 Å². The number of amides is 1. The normalized spacial score (nSPS) is 14.5. The van der Waals surface area contributed by atoms with Crippen LogP contribution in [0.1, 0.15) is 28.2 Å². The highest BCUT2D eigenvalue weighted by molar-refractivity contribution is 6.61. The number of aromatic nitrogens is 3. The summed E-state index contributed by atoms with van der Waals surface area (Å²) in [5, 5.41) is 20.0. The Labute approximate surface area is 181 Å². The number of aryl methyl sites for hydroxylation is 1. The Morgan fingerprint density at radius 2 is 2.03 bits per heavy atom. The highest BCUT2D eigenvalue weighted by atomic mass is 16.4. The molecule has 160 valence electrons. The van der Waals surface area contributed by atoms with Gasteiger partial charge in [-0.1, -0.05) is 6.08 Å². The number of nitrogens with zero attached hydrogens (tertiary/aromatic N) is 5. The third kappa shape index (κ3) is 4.25. The molecule has 0 aromatic carbocycles. The van der Waals surface area contributed by atoms with Gasteiger partial charge in [-0.3, -0.25) is 14.7 Å². The van der Waals surface area contributed by atoms with Gasteiger partial charge in [0.2, 0.25) is 0 Å². The number of hydrogen-bond donors (Lipinski definition) is 2. The topological polar surface area (TPSA) is 94.7 Å². The van der Waals surface area contributed by atoms with E-state index in [2.05, 4.69) is 20.9 Å². The molecular formula is C22H26BN5O3. The van der Waals surface area contributed by atoms with Gasteiger partial charge in [0.05, 0.1) is 11.3 Å². The number of carbonyl (C=O) groups is 1. The number of pyridine rings is 2. The van der Waals surface area contributed by atoms with E-state index in [-0.39, 0.29) is 5.91 Å². The van der Waals surface area contributed by atoms with Gasteiger partial charge in [-0.2, -0.15) is 0 Å². The smallest absolute Gasteiger partial charge is 0.423 e. The van der Waals surface area contributed by atoms with E-state index >= 15 is 0 Å². The first-order valence-corrected chi connectivity index (χ1v) is 10.2. The summed E-state index contributed by atoms with van der Waals surface area (Å²) in [7, 11) is 3.89. The summed E-state index contributed by atoms with van der Waals surface area (Å²) in [4.78, 5) is 24.8. The molecule has 0 atom stereocenters. The van der Waals surface area contributed by atoms with E-state index < -0.39 is 7.12 Å². The Morgan fingerprint density at radius 3 is 2.65 bits per heavy atom. The van der Waals surface area contributed by atoms with Crippen LogP contribution in [0.25, 0.3) is 16.6 Å². The Balaban J connectivity index is 1.47. The largest absolute Gasteiger partial charge is 0.489 e. The van der Waals surface area contributed by atoms with Crippen molar-refractivity contribution in [2.75, 3.05) is 27.2 Å². The van der Waals surface area contributed by atoms with Crippen LogP contribution >= 0.6 is 0 Å². The van der Waals surface area contributed by atoms with Crippen LogP contribution in [0, 0.1) is 0 Å². The minimum atomic E-state index is -1.52. The van der Waals surface area contributed by atoms with Gasteiger partial charge in [0.15, 0.2) is 0 Å². The average Bonchev–Trinajstić information content (AvgIpc) is 3.09. The molecule has 3 aromatic heterocycles. The van der Waals surface area contributed by atoms with Crippen molar-refractivity contribution in [3.05, 3.63) is 59.7 Å². The second-order valence-electron chi connectivity index (χ2n) is 8.05. The second-order valence-corrected chi connectivity index (χ2v) is 8.05. The van der Waals surface area contributed by atoms with E-state index in [9.17, 15) is 14.8 Å². The summed E-state index contributed by atoms with van der Waals surface area (Å²) in [5.74, 6) is -0.0517. The summed E-state index contributed by atoms with van der Waals surface area (Å²) >= 11 is 0. The fourth-order valence-electron chi connectivity index (χ4n) is 3.95. The van der Waals surface area contributed by atoms with Crippen molar-refractivity contribution in [2.45, 2.75) is 13.0 Å². The van der Waals surface area contributed by atoms with E-state index in [1.165, 1.54) is 5.57 Å². The lowest BCUT2D eigenvalue weighted by molar-refractivity contribution is 0.0827. The van der Waals surface area contributed by atoms with Crippen LogP contribution in [0.5, 0.6) is 0 Å². The van der Waals surface area contributed by atoms with Gasteiger partial charge >= 0.3 is 7.12 Å². The van der Waals surface area contributed by atoms with Gasteiger partial charge in [0, 0.05) is 64.3 Å². The van der Waals surface area contributed by atoms with Crippen LogP contribution < -0.4 is 5.46 Å². The zero-order valence-corrected chi connectivity index (χ0v) is 18.0. The molecule has 0 unspecified atom stereocenters. The predicted octanol–water partition coefficient (Wildman–Crippen LogP) is 0.639. The zero-order valence-electron chi connectivity index (χ0n) is 18.0. The number of fused-ring (bicyclic) bond motifs is 1. The third-order valence-electron chi connectivity index (χ3n) is 5.76. The Morgan fingerprint density at radius 1 is 1.23 bits per heavy atom. The molecule has 0 aliphatic carbocycles. The summed E-state index contributed by atoms with van der Waals surface area (Å²) in [5.41, 5.74) is 4.95. The SMILES string of the molecule is CN(C)C(=O)c1ccc(C2=CCN(Cc3cc4c(B(O)O)ccnc4n3C)CC2)nc1. The molecule has 4 heterocycles. The predicted molar refractivity (Wildman–Crippen MR) is 121 cm³/mol. The van der Waals surface area contributed by atoms with Crippen LogP contribution in [0.15, 0.2) is 42.7 Å². The van der Waals surface area contributed by atoms with Gasteiger partial charge in [-0.25, -0.2) is 4.98 Å². The Bertz CT molecular complexity index is 1140. The molecule has 1 aliphatic rings. The van der Waals surface area contributed by atoms with E-state index in [4.69, 9.17) is 0 Å². The molecule has 0 radical (unpaired) electrons. The molecule has 2 N–H and O–H groups in total. The van der Waals surface area contributed by atoms with E-state index in [1.54, 1.807) is 37.5 Å². The molecular weight excluding hydrogens is 393 g/mol. The van der Waals surface area contributed by atoms with Gasteiger partial charge in [0.1, 0.15) is 5.65 Å². The maximum atomic E-state index is 12.0. The molecule has 0 saturated heterocycles. The van der Waals surface area contributed by atoms with Crippen LogP contribution in [-0.4, -0.2) is 74.6 Å². The third-order valence-corrected chi connectivity index (χ3v) is 5.76. The quantitative estimate of drug-likeness (QED) is 0.590. The van der Waals surface area contributed by atoms with Crippen LogP contribution in [0.3, 0.4) is 0 Å². The first-order valence-electron chi connectivity index (χ1n) is 10.2. The Kier molecular flexibility index (Phi) is 5.91. The van der Waals surface area contributed by atoms with Crippen molar-refractivity contribution in [1.82, 2.24) is 24.3 Å². The highest BCUT2D eigenvalue weighted by Crippen LogP contribution is 2.23. The van der Waals surface area contributed by atoms with Crippen molar-refractivity contribution in [3.8, 4) is 0 Å². The lowest BCUT2D eigenvalue weighted by atomic mass is 9.79. The van der Waals surface area contributed by atoms with Gasteiger partial charge < -0.3 is 19.5 Å². The van der Waals surface area contributed by atoms with Crippen LogP contribution in [0.4, 0.5) is 0 Å². The van der Waals surface area contributed by atoms with Gasteiger partial charge in [-0.05, 0) is 41.7 Å². The van der Waals surface area contributed by atoms with Crippen molar-refractivity contribution in [3.63, 3.8) is 0 Å². The summed E-state index contributed by atoms with van der Waals surface area (Å²) < 4.78 is 2.00. The summed E-state index contributed by atoms with van der Waals surface area (Å²) in [6, 6.07) is 7.36.